The zero-order chi connectivity index (χ0) is 15.6. The van der Waals surface area contributed by atoms with Gasteiger partial charge in [0.2, 0.25) is 0 Å². The molecule has 0 aromatic carbocycles. The van der Waals surface area contributed by atoms with Crippen molar-refractivity contribution in [2.24, 2.45) is 0 Å². The fourth-order valence-electron chi connectivity index (χ4n) is 3.45. The van der Waals surface area contributed by atoms with E-state index in [-0.39, 0.29) is 0 Å². The number of hydrogen-bond acceptors (Lipinski definition) is 5. The average Bonchev–Trinajstić information content (AvgIpc) is 3.18. The number of hydrogen-bond donors (Lipinski definition) is 0. The van der Waals surface area contributed by atoms with Crippen molar-refractivity contribution in [3.05, 3.63) is 41.9 Å². The van der Waals surface area contributed by atoms with Crippen LogP contribution in [0.1, 0.15) is 17.1 Å². The maximum absolute atomic E-state index is 5.17. The number of aromatic nitrogens is 2. The Morgan fingerprint density at radius 2 is 1.87 bits per heavy atom. The molecule has 23 heavy (non-hydrogen) atoms. The maximum Gasteiger partial charge on any atom is 0.123 e. The second-order valence-electron chi connectivity index (χ2n) is 6.76. The minimum atomic E-state index is 0.925. The fourth-order valence-corrected chi connectivity index (χ4v) is 3.45. The molecule has 2 aromatic rings. The molecule has 1 saturated heterocycles. The second-order valence-corrected chi connectivity index (χ2v) is 6.76. The average molecular weight is 315 g/mol. The molecule has 0 N–H and O–H groups in total. The molecule has 2 aliphatic heterocycles. The zero-order valence-electron chi connectivity index (χ0n) is 13.8. The fraction of sp³-hybridized carbons (Fsp3) is 0.588. The van der Waals surface area contributed by atoms with Gasteiger partial charge in [-0.1, -0.05) is 0 Å². The number of rotatable bonds is 4. The minimum absolute atomic E-state index is 0.925. The molecule has 0 radical (unpaired) electrons. The van der Waals surface area contributed by atoms with Crippen molar-refractivity contribution in [1.82, 2.24) is 24.3 Å². The first-order chi connectivity index (χ1) is 11.3. The normalized spacial score (nSPS) is 20.7. The van der Waals surface area contributed by atoms with Gasteiger partial charge >= 0.3 is 0 Å². The van der Waals surface area contributed by atoms with E-state index < -0.39 is 0 Å². The molecule has 4 rings (SSSR count). The van der Waals surface area contributed by atoms with Crippen LogP contribution in [0.15, 0.2) is 29.2 Å². The van der Waals surface area contributed by atoms with E-state index in [1.54, 1.807) is 6.26 Å². The van der Waals surface area contributed by atoms with E-state index in [0.29, 0.717) is 0 Å². The molecule has 4 heterocycles. The van der Waals surface area contributed by atoms with E-state index >= 15 is 0 Å². The lowest BCUT2D eigenvalue weighted by molar-refractivity contribution is 0.147. The molecule has 0 unspecified atom stereocenters. The molecule has 0 saturated carbocycles. The largest absolute Gasteiger partial charge is 0.472 e. The third-order valence-corrected chi connectivity index (χ3v) is 4.90. The molecule has 6 nitrogen and oxygen atoms in total. The van der Waals surface area contributed by atoms with Crippen LogP contribution in [0, 0.1) is 0 Å². The molecule has 0 amide bonds. The summed E-state index contributed by atoms with van der Waals surface area (Å²) in [6.45, 7) is 9.56. The molecule has 124 valence electrons. The second kappa shape index (κ2) is 6.47. The number of fused-ring (bicyclic) bond motifs is 1. The first-order valence-electron chi connectivity index (χ1n) is 8.45. The Kier molecular flexibility index (Phi) is 4.20. The summed E-state index contributed by atoms with van der Waals surface area (Å²) in [5.41, 5.74) is 2.46. The molecule has 6 heteroatoms. The molecular weight excluding hydrogens is 290 g/mol. The van der Waals surface area contributed by atoms with Gasteiger partial charge in [0.25, 0.3) is 0 Å². The highest BCUT2D eigenvalue weighted by Crippen LogP contribution is 2.17. The summed E-state index contributed by atoms with van der Waals surface area (Å²) < 4.78 is 7.50. The topological polar surface area (TPSA) is 40.7 Å². The SMILES string of the molecule is CN1CCN(Cc2cn3c(n2)CN(Cc2ccoc2)CC3)CC1. The van der Waals surface area contributed by atoms with Crippen molar-refractivity contribution in [2.45, 2.75) is 26.2 Å². The van der Waals surface area contributed by atoms with Gasteiger partial charge in [0, 0.05) is 64.1 Å². The van der Waals surface area contributed by atoms with Crippen molar-refractivity contribution < 1.29 is 4.42 Å². The number of likely N-dealkylation sites (N-methyl/N-ethyl adjacent to an activating group) is 1. The summed E-state index contributed by atoms with van der Waals surface area (Å²) in [7, 11) is 2.20. The Morgan fingerprint density at radius 3 is 2.65 bits per heavy atom. The molecule has 0 atom stereocenters. The summed E-state index contributed by atoms with van der Waals surface area (Å²) in [5.74, 6) is 1.20. The van der Waals surface area contributed by atoms with Gasteiger partial charge in [-0.2, -0.15) is 0 Å². The lowest BCUT2D eigenvalue weighted by Gasteiger charge is -2.31. The van der Waals surface area contributed by atoms with E-state index in [4.69, 9.17) is 9.40 Å². The van der Waals surface area contributed by atoms with Crippen molar-refractivity contribution in [3.63, 3.8) is 0 Å². The number of nitrogens with zero attached hydrogens (tertiary/aromatic N) is 5. The predicted molar refractivity (Wildman–Crippen MR) is 87.8 cm³/mol. The standard InChI is InChI=1S/C17H25N5O/c1-19-3-5-20(6-4-19)11-16-12-22-8-7-21(13-17(22)18-16)10-15-2-9-23-14-15/h2,9,12,14H,3-8,10-11,13H2,1H3. The lowest BCUT2D eigenvalue weighted by atomic mass is 10.3. The molecular formula is C17H25N5O. The highest BCUT2D eigenvalue weighted by atomic mass is 16.3. The van der Waals surface area contributed by atoms with E-state index in [1.807, 2.05) is 12.3 Å². The summed E-state index contributed by atoms with van der Waals surface area (Å²) in [5, 5.41) is 0. The Bertz CT molecular complexity index is 627. The van der Waals surface area contributed by atoms with Crippen molar-refractivity contribution >= 4 is 0 Å². The van der Waals surface area contributed by atoms with Crippen LogP contribution in [-0.2, 0) is 26.2 Å². The molecule has 2 aliphatic rings. The Hall–Kier alpha value is -1.63. The van der Waals surface area contributed by atoms with Gasteiger partial charge in [0.05, 0.1) is 24.8 Å². The first kappa shape index (κ1) is 14.9. The molecule has 0 aliphatic carbocycles. The minimum Gasteiger partial charge on any atom is -0.472 e. The summed E-state index contributed by atoms with van der Waals surface area (Å²) in [4.78, 5) is 12.2. The Morgan fingerprint density at radius 1 is 1.04 bits per heavy atom. The quantitative estimate of drug-likeness (QED) is 0.849. The van der Waals surface area contributed by atoms with Crippen LogP contribution in [0.4, 0.5) is 0 Å². The van der Waals surface area contributed by atoms with E-state index in [1.165, 1.54) is 17.1 Å². The van der Waals surface area contributed by atoms with Gasteiger partial charge in [-0.25, -0.2) is 4.98 Å². The van der Waals surface area contributed by atoms with Crippen molar-refractivity contribution in [1.29, 1.82) is 0 Å². The third-order valence-electron chi connectivity index (χ3n) is 4.90. The van der Waals surface area contributed by atoms with Crippen LogP contribution < -0.4 is 0 Å². The van der Waals surface area contributed by atoms with Crippen LogP contribution in [-0.4, -0.2) is 64.0 Å². The zero-order valence-corrected chi connectivity index (χ0v) is 13.8. The third kappa shape index (κ3) is 3.49. The highest BCUT2D eigenvalue weighted by molar-refractivity contribution is 5.09. The van der Waals surface area contributed by atoms with Crippen LogP contribution in [0.2, 0.25) is 0 Å². The summed E-state index contributed by atoms with van der Waals surface area (Å²) >= 11 is 0. The number of furan rings is 1. The van der Waals surface area contributed by atoms with E-state index in [0.717, 1.165) is 58.9 Å². The smallest absolute Gasteiger partial charge is 0.123 e. The summed E-state index contributed by atoms with van der Waals surface area (Å²) in [6, 6.07) is 2.04. The molecule has 2 aromatic heterocycles. The van der Waals surface area contributed by atoms with Crippen LogP contribution >= 0.6 is 0 Å². The van der Waals surface area contributed by atoms with E-state index in [9.17, 15) is 0 Å². The Labute approximate surface area is 137 Å². The monoisotopic (exact) mass is 315 g/mol. The van der Waals surface area contributed by atoms with Crippen LogP contribution in [0.3, 0.4) is 0 Å². The lowest BCUT2D eigenvalue weighted by Crippen LogP contribution is -2.43. The van der Waals surface area contributed by atoms with Crippen molar-refractivity contribution in [3.8, 4) is 0 Å². The highest BCUT2D eigenvalue weighted by Gasteiger charge is 2.21. The van der Waals surface area contributed by atoms with Gasteiger partial charge in [0.15, 0.2) is 0 Å². The molecule has 0 bridgehead atoms. The van der Waals surface area contributed by atoms with Crippen LogP contribution in [0.25, 0.3) is 0 Å². The van der Waals surface area contributed by atoms with Gasteiger partial charge in [-0.05, 0) is 13.1 Å². The van der Waals surface area contributed by atoms with Crippen molar-refractivity contribution in [2.75, 3.05) is 39.8 Å². The predicted octanol–water partition coefficient (Wildman–Crippen LogP) is 1.24. The van der Waals surface area contributed by atoms with Gasteiger partial charge < -0.3 is 13.9 Å². The number of piperazine rings is 1. The summed E-state index contributed by atoms with van der Waals surface area (Å²) in [6.07, 6.45) is 5.83. The molecule has 1 fully saturated rings. The molecule has 0 spiro atoms. The van der Waals surface area contributed by atoms with Crippen LogP contribution in [0.5, 0.6) is 0 Å². The number of imidazole rings is 1. The van der Waals surface area contributed by atoms with Gasteiger partial charge in [0.1, 0.15) is 5.82 Å². The Balaban J connectivity index is 1.37. The maximum atomic E-state index is 5.17. The van der Waals surface area contributed by atoms with Gasteiger partial charge in [-0.3, -0.25) is 9.80 Å². The first-order valence-corrected chi connectivity index (χ1v) is 8.45. The van der Waals surface area contributed by atoms with E-state index in [2.05, 4.69) is 32.5 Å². The van der Waals surface area contributed by atoms with Gasteiger partial charge in [-0.15, -0.1) is 0 Å².